The van der Waals surface area contributed by atoms with Gasteiger partial charge in [0.1, 0.15) is 5.82 Å². The van der Waals surface area contributed by atoms with E-state index in [1.54, 1.807) is 0 Å². The third-order valence-electron chi connectivity index (χ3n) is 11.0. The number of benzene rings is 5. The summed E-state index contributed by atoms with van der Waals surface area (Å²) in [5.41, 5.74) is 16.2. The first-order chi connectivity index (χ1) is 25.1. The van der Waals surface area contributed by atoms with Crippen molar-refractivity contribution in [2.45, 2.75) is 55.4 Å². The topological polar surface area (TPSA) is 49.8 Å². The third-order valence-corrected chi connectivity index (χ3v) is 11.0. The molecule has 7 heteroatoms. The van der Waals surface area contributed by atoms with Crippen molar-refractivity contribution in [2.24, 2.45) is 0 Å². The van der Waals surface area contributed by atoms with E-state index in [0.717, 1.165) is 50.4 Å². The molecule has 0 atom stereocenters. The van der Waals surface area contributed by atoms with Gasteiger partial charge in [-0.1, -0.05) is 23.7 Å². The smallest absolute Gasteiger partial charge is 0.509 e. The predicted molar refractivity (Wildman–Crippen MR) is 212 cm³/mol. The number of fused-ring (bicyclic) bond motifs is 6. The van der Waals surface area contributed by atoms with Gasteiger partial charge in [0.15, 0.2) is 0 Å². The summed E-state index contributed by atoms with van der Waals surface area (Å²) in [5.74, 6) is 2.00. The van der Waals surface area contributed by atoms with Crippen LogP contribution in [0.25, 0.3) is 60.8 Å². The van der Waals surface area contributed by atoms with Crippen LogP contribution < -0.4 is 4.74 Å². The van der Waals surface area contributed by atoms with Crippen LogP contribution in [0.15, 0.2) is 91.1 Å². The molecule has 6 nitrogen and oxygen atoms in total. The van der Waals surface area contributed by atoms with E-state index in [1.807, 2.05) is 49.0 Å². The molecule has 0 N–H and O–H groups in total. The summed E-state index contributed by atoms with van der Waals surface area (Å²) in [6.07, 6.45) is 1.93. The molecule has 264 valence electrons. The van der Waals surface area contributed by atoms with Crippen molar-refractivity contribution in [1.82, 2.24) is 23.9 Å². The Hall–Kier alpha value is -5.45. The first kappa shape index (κ1) is 34.6. The standard InChI is InChI=1S/C46H39N5O.Pt/c1-26-20-40-41-21-27(2)31(6)33(8)46(41)49(45(40)32(7)30(26)5)34-18-19-47-44(24-34)50-42-15-10-9-14-38(42)39-17-16-37(25-43(39)50)52-36-13-11-12-35(23-36)51-29(4)22-28(3)48-51;/h9-22,24H,1-8H3;/q-2;+2. The van der Waals surface area contributed by atoms with E-state index >= 15 is 0 Å². The Morgan fingerprint density at radius 1 is 0.585 bits per heavy atom. The quantitative estimate of drug-likeness (QED) is 0.162. The minimum atomic E-state index is 0. The normalized spacial score (nSPS) is 11.6. The summed E-state index contributed by atoms with van der Waals surface area (Å²) in [4.78, 5) is 5.00. The fourth-order valence-corrected chi connectivity index (χ4v) is 7.95. The Morgan fingerprint density at radius 2 is 1.26 bits per heavy atom. The number of hydrogen-bond acceptors (Lipinski definition) is 3. The molecule has 4 heterocycles. The van der Waals surface area contributed by atoms with Crippen LogP contribution in [0.1, 0.15) is 44.8 Å². The van der Waals surface area contributed by atoms with Crippen LogP contribution in [-0.4, -0.2) is 23.9 Å². The molecule has 0 radical (unpaired) electrons. The Bertz CT molecular complexity index is 2850. The molecule has 53 heavy (non-hydrogen) atoms. The molecule has 0 aliphatic rings. The van der Waals surface area contributed by atoms with Crippen LogP contribution in [0.5, 0.6) is 11.5 Å². The summed E-state index contributed by atoms with van der Waals surface area (Å²) in [7, 11) is 0. The number of rotatable bonds is 5. The molecule has 4 aromatic heterocycles. The van der Waals surface area contributed by atoms with E-state index in [-0.39, 0.29) is 21.1 Å². The maximum Gasteiger partial charge on any atom is 2.00 e. The minimum Gasteiger partial charge on any atom is -0.509 e. The van der Waals surface area contributed by atoms with Crippen LogP contribution in [-0.2, 0) is 21.1 Å². The van der Waals surface area contributed by atoms with E-state index < -0.39 is 0 Å². The van der Waals surface area contributed by atoms with Crippen LogP contribution in [0, 0.1) is 67.5 Å². The molecule has 0 unspecified atom stereocenters. The van der Waals surface area contributed by atoms with Crippen molar-refractivity contribution >= 4 is 43.6 Å². The molecule has 9 rings (SSSR count). The van der Waals surface area contributed by atoms with E-state index in [4.69, 9.17) is 9.72 Å². The van der Waals surface area contributed by atoms with Crippen LogP contribution in [0.4, 0.5) is 0 Å². The Kier molecular flexibility index (Phi) is 8.42. The van der Waals surface area contributed by atoms with Crippen molar-refractivity contribution in [3.63, 3.8) is 0 Å². The summed E-state index contributed by atoms with van der Waals surface area (Å²) in [6, 6.07) is 36.6. The number of ether oxygens (including phenoxy) is 1. The second kappa shape index (κ2) is 12.9. The zero-order chi connectivity index (χ0) is 36.0. The SMILES string of the molecule is Cc1cc(C)n(-c2[c-]c(Oc3[c-]c4c(cc3)c3ccccc3n4-c3cc(-n4c5c(C)c(C)c(C)cc5c5cc(C)c(C)c(C)c54)ccn3)ccc2)n1.[Pt+2]. The second-order valence-corrected chi connectivity index (χ2v) is 14.2. The zero-order valence-electron chi connectivity index (χ0n) is 31.1. The maximum absolute atomic E-state index is 6.44. The van der Waals surface area contributed by atoms with Gasteiger partial charge >= 0.3 is 21.1 Å². The van der Waals surface area contributed by atoms with E-state index in [2.05, 4.69) is 129 Å². The summed E-state index contributed by atoms with van der Waals surface area (Å²) in [6.45, 7) is 17.4. The van der Waals surface area contributed by atoms with E-state index in [9.17, 15) is 0 Å². The fraction of sp³-hybridized carbons (Fsp3) is 0.174. The molecule has 0 saturated carbocycles. The molecule has 0 saturated heterocycles. The Morgan fingerprint density at radius 3 is 1.94 bits per heavy atom. The molecule has 0 aliphatic carbocycles. The summed E-state index contributed by atoms with van der Waals surface area (Å²) < 4.78 is 13.0. The molecule has 0 aliphatic heterocycles. The predicted octanol–water partition coefficient (Wildman–Crippen LogP) is 11.3. The van der Waals surface area contributed by atoms with Gasteiger partial charge in [0.25, 0.3) is 0 Å². The molecular weight excluding hydrogens is 834 g/mol. The van der Waals surface area contributed by atoms with Gasteiger partial charge in [-0.25, -0.2) is 4.98 Å². The van der Waals surface area contributed by atoms with Gasteiger partial charge in [-0.3, -0.25) is 4.68 Å². The van der Waals surface area contributed by atoms with E-state index in [0.29, 0.717) is 11.5 Å². The number of hydrogen-bond donors (Lipinski definition) is 0. The average molecular weight is 873 g/mol. The number of nitrogens with zero attached hydrogens (tertiary/aromatic N) is 5. The number of para-hydroxylation sites is 1. The number of aryl methyl sites for hydroxylation is 6. The molecule has 0 fully saturated rings. The summed E-state index contributed by atoms with van der Waals surface area (Å²) in [5, 5.41) is 9.41. The molecule has 0 bridgehead atoms. The van der Waals surface area contributed by atoms with E-state index in [1.165, 1.54) is 55.2 Å². The van der Waals surface area contributed by atoms with Gasteiger partial charge in [-0.05, 0) is 130 Å². The monoisotopic (exact) mass is 872 g/mol. The molecule has 5 aromatic carbocycles. The average Bonchev–Trinajstić information content (AvgIpc) is 3.77. The first-order valence-corrected chi connectivity index (χ1v) is 17.8. The van der Waals surface area contributed by atoms with Crippen molar-refractivity contribution in [3.8, 4) is 28.7 Å². The number of aromatic nitrogens is 5. The Balaban J connectivity index is 0.00000400. The summed E-state index contributed by atoms with van der Waals surface area (Å²) >= 11 is 0. The minimum absolute atomic E-state index is 0. The molecule has 9 aromatic rings. The second-order valence-electron chi connectivity index (χ2n) is 14.2. The zero-order valence-corrected chi connectivity index (χ0v) is 33.4. The number of pyridine rings is 1. The van der Waals surface area contributed by atoms with Crippen LogP contribution in [0.3, 0.4) is 0 Å². The maximum atomic E-state index is 6.44. The van der Waals surface area contributed by atoms with Gasteiger partial charge in [-0.2, -0.15) is 17.2 Å². The molecule has 0 amide bonds. The third kappa shape index (κ3) is 5.42. The largest absolute Gasteiger partial charge is 2.00 e. The van der Waals surface area contributed by atoms with Crippen molar-refractivity contribution in [3.05, 3.63) is 148 Å². The fourth-order valence-electron chi connectivity index (χ4n) is 7.95. The van der Waals surface area contributed by atoms with Gasteiger partial charge in [-0.15, -0.1) is 35.7 Å². The van der Waals surface area contributed by atoms with Crippen molar-refractivity contribution in [1.29, 1.82) is 0 Å². The first-order valence-electron chi connectivity index (χ1n) is 17.8. The Labute approximate surface area is 323 Å². The van der Waals surface area contributed by atoms with Gasteiger partial charge in [0.2, 0.25) is 0 Å². The van der Waals surface area contributed by atoms with Gasteiger partial charge in [0, 0.05) is 45.7 Å². The van der Waals surface area contributed by atoms with Crippen molar-refractivity contribution in [2.75, 3.05) is 0 Å². The van der Waals surface area contributed by atoms with Crippen molar-refractivity contribution < 1.29 is 25.8 Å². The van der Waals surface area contributed by atoms with Gasteiger partial charge in [0.05, 0.1) is 22.4 Å². The molecule has 0 spiro atoms. The van der Waals surface area contributed by atoms with Crippen LogP contribution >= 0.6 is 0 Å². The van der Waals surface area contributed by atoms with Crippen LogP contribution in [0.2, 0.25) is 0 Å². The molecular formula is C46H39N5OPt. The van der Waals surface area contributed by atoms with Gasteiger partial charge < -0.3 is 13.9 Å².